The molecule has 21 heavy (non-hydrogen) atoms. The van der Waals surface area contributed by atoms with E-state index in [0.29, 0.717) is 18.5 Å². The van der Waals surface area contributed by atoms with Crippen LogP contribution in [0.4, 0.5) is 5.69 Å². The van der Waals surface area contributed by atoms with Crippen molar-refractivity contribution in [3.8, 4) is 0 Å². The molecule has 0 saturated carbocycles. The van der Waals surface area contributed by atoms with Gasteiger partial charge in [-0.3, -0.25) is 4.79 Å². The topological polar surface area (TPSA) is 52.6 Å². The Bertz CT molecular complexity index is 425. The highest BCUT2D eigenvalue weighted by Crippen LogP contribution is 2.15. The molecule has 0 spiro atoms. The van der Waals surface area contributed by atoms with Crippen LogP contribution in [0.3, 0.4) is 0 Å². The molecule has 118 valence electrons. The van der Waals surface area contributed by atoms with Crippen molar-refractivity contribution in [2.45, 2.75) is 40.2 Å². The molecule has 0 aliphatic heterocycles. The van der Waals surface area contributed by atoms with Crippen LogP contribution in [0.1, 0.15) is 44.5 Å². The van der Waals surface area contributed by atoms with Crippen LogP contribution in [0.15, 0.2) is 24.3 Å². The van der Waals surface area contributed by atoms with E-state index in [1.54, 1.807) is 0 Å². The monoisotopic (exact) mass is 292 g/mol. The Hall–Kier alpha value is -1.55. The first-order chi connectivity index (χ1) is 9.99. The molecule has 0 saturated heterocycles. The summed E-state index contributed by atoms with van der Waals surface area (Å²) in [5.74, 6) is 0.132. The summed E-state index contributed by atoms with van der Waals surface area (Å²) in [5, 5.41) is 12.6. The number of aliphatic hydroxyl groups excluding tert-OH is 1. The highest BCUT2D eigenvalue weighted by Gasteiger charge is 2.11. The summed E-state index contributed by atoms with van der Waals surface area (Å²) in [6.45, 7) is 10.6. The summed E-state index contributed by atoms with van der Waals surface area (Å²) in [7, 11) is 0. The van der Waals surface area contributed by atoms with Crippen molar-refractivity contribution in [3.63, 3.8) is 0 Å². The lowest BCUT2D eigenvalue weighted by Crippen LogP contribution is -2.28. The number of rotatable bonds is 8. The number of amides is 1. The maximum absolute atomic E-state index is 12.0. The second-order valence-corrected chi connectivity index (χ2v) is 5.58. The number of hydrogen-bond acceptors (Lipinski definition) is 3. The van der Waals surface area contributed by atoms with E-state index in [1.807, 2.05) is 38.1 Å². The van der Waals surface area contributed by atoms with E-state index in [2.05, 4.69) is 24.1 Å². The molecule has 1 aromatic carbocycles. The number of aliphatic hydroxyl groups is 1. The van der Waals surface area contributed by atoms with Gasteiger partial charge in [0.15, 0.2) is 0 Å². The van der Waals surface area contributed by atoms with Gasteiger partial charge in [-0.25, -0.2) is 0 Å². The molecule has 1 unspecified atom stereocenters. The number of hydrogen-bond donors (Lipinski definition) is 2. The van der Waals surface area contributed by atoms with Crippen LogP contribution in [0.5, 0.6) is 0 Å². The van der Waals surface area contributed by atoms with Crippen molar-refractivity contribution in [3.05, 3.63) is 29.8 Å². The van der Waals surface area contributed by atoms with Gasteiger partial charge in [0, 0.05) is 30.9 Å². The van der Waals surface area contributed by atoms with Crippen molar-refractivity contribution in [2.24, 2.45) is 5.92 Å². The summed E-state index contributed by atoms with van der Waals surface area (Å²) in [6.07, 6.45) is 0.219. The summed E-state index contributed by atoms with van der Waals surface area (Å²) in [5.41, 5.74) is 1.79. The van der Waals surface area contributed by atoms with Crippen LogP contribution in [0.2, 0.25) is 0 Å². The minimum absolute atomic E-state index is 0.0861. The molecule has 0 radical (unpaired) electrons. The largest absolute Gasteiger partial charge is 0.393 e. The number of benzene rings is 1. The molecule has 0 aliphatic rings. The van der Waals surface area contributed by atoms with Crippen LogP contribution in [0.25, 0.3) is 0 Å². The van der Waals surface area contributed by atoms with Gasteiger partial charge in [0.2, 0.25) is 0 Å². The SMILES string of the molecule is CCN(CC)c1ccc(C(=O)NCCC(O)C(C)C)cc1. The van der Waals surface area contributed by atoms with E-state index in [-0.39, 0.29) is 17.9 Å². The second kappa shape index (κ2) is 8.67. The lowest BCUT2D eigenvalue weighted by atomic mass is 10.0. The minimum atomic E-state index is -0.365. The number of nitrogens with zero attached hydrogens (tertiary/aromatic N) is 1. The third-order valence-electron chi connectivity index (χ3n) is 3.75. The Morgan fingerprint density at radius 2 is 1.76 bits per heavy atom. The molecule has 4 heteroatoms. The van der Waals surface area contributed by atoms with E-state index >= 15 is 0 Å². The Morgan fingerprint density at radius 1 is 1.19 bits per heavy atom. The maximum Gasteiger partial charge on any atom is 0.251 e. The number of anilines is 1. The molecular weight excluding hydrogens is 264 g/mol. The average molecular weight is 292 g/mol. The summed E-state index contributed by atoms with van der Waals surface area (Å²) < 4.78 is 0. The predicted octanol–water partition coefficient (Wildman–Crippen LogP) is 2.67. The Kier molecular flexibility index (Phi) is 7.23. The molecule has 0 fully saturated rings. The molecule has 1 rings (SSSR count). The summed E-state index contributed by atoms with van der Waals surface area (Å²) >= 11 is 0. The van der Waals surface area contributed by atoms with Crippen LogP contribution in [0, 0.1) is 5.92 Å². The fraction of sp³-hybridized carbons (Fsp3) is 0.588. The van der Waals surface area contributed by atoms with Crippen LogP contribution < -0.4 is 10.2 Å². The molecule has 1 amide bonds. The van der Waals surface area contributed by atoms with Gasteiger partial charge in [-0.15, -0.1) is 0 Å². The maximum atomic E-state index is 12.0. The lowest BCUT2D eigenvalue weighted by Gasteiger charge is -2.21. The second-order valence-electron chi connectivity index (χ2n) is 5.58. The van der Waals surface area contributed by atoms with Crippen LogP contribution in [-0.4, -0.2) is 36.8 Å². The average Bonchev–Trinajstić information content (AvgIpc) is 2.48. The first-order valence-electron chi connectivity index (χ1n) is 7.80. The third kappa shape index (κ3) is 5.38. The molecular formula is C17H28N2O2. The van der Waals surface area contributed by atoms with Gasteiger partial charge < -0.3 is 15.3 Å². The van der Waals surface area contributed by atoms with Crippen molar-refractivity contribution >= 4 is 11.6 Å². The molecule has 1 atom stereocenters. The van der Waals surface area contributed by atoms with Crippen molar-refractivity contribution < 1.29 is 9.90 Å². The Labute approximate surface area is 128 Å². The number of nitrogens with one attached hydrogen (secondary N) is 1. The standard InChI is InChI=1S/C17H28N2O2/c1-5-19(6-2)15-9-7-14(8-10-15)17(21)18-12-11-16(20)13(3)4/h7-10,13,16,20H,5-6,11-12H2,1-4H3,(H,18,21). The minimum Gasteiger partial charge on any atom is -0.393 e. The van der Waals surface area contributed by atoms with Gasteiger partial charge in [0.05, 0.1) is 6.10 Å². The number of carbonyl (C=O) groups excluding carboxylic acids is 1. The first kappa shape index (κ1) is 17.5. The molecule has 2 N–H and O–H groups in total. The summed E-state index contributed by atoms with van der Waals surface area (Å²) in [6, 6.07) is 7.65. The zero-order valence-electron chi connectivity index (χ0n) is 13.6. The first-order valence-corrected chi connectivity index (χ1v) is 7.80. The van der Waals surface area contributed by atoms with Gasteiger partial charge >= 0.3 is 0 Å². The van der Waals surface area contributed by atoms with Gasteiger partial charge in [-0.1, -0.05) is 13.8 Å². The van der Waals surface area contributed by atoms with Gasteiger partial charge in [-0.2, -0.15) is 0 Å². The van der Waals surface area contributed by atoms with Gasteiger partial charge in [0.1, 0.15) is 0 Å². The molecule has 0 aromatic heterocycles. The van der Waals surface area contributed by atoms with Crippen molar-refractivity contribution in [1.82, 2.24) is 5.32 Å². The highest BCUT2D eigenvalue weighted by atomic mass is 16.3. The van der Waals surface area contributed by atoms with E-state index in [9.17, 15) is 9.90 Å². The fourth-order valence-corrected chi connectivity index (χ4v) is 2.18. The van der Waals surface area contributed by atoms with E-state index in [1.165, 1.54) is 0 Å². The molecule has 4 nitrogen and oxygen atoms in total. The highest BCUT2D eigenvalue weighted by molar-refractivity contribution is 5.94. The Morgan fingerprint density at radius 3 is 2.24 bits per heavy atom. The normalized spacial score (nSPS) is 12.3. The van der Waals surface area contributed by atoms with E-state index in [4.69, 9.17) is 0 Å². The van der Waals surface area contributed by atoms with E-state index in [0.717, 1.165) is 18.8 Å². The molecule has 1 aromatic rings. The molecule has 0 bridgehead atoms. The number of carbonyl (C=O) groups is 1. The van der Waals surface area contributed by atoms with Crippen molar-refractivity contribution in [2.75, 3.05) is 24.5 Å². The quantitative estimate of drug-likeness (QED) is 0.774. The van der Waals surface area contributed by atoms with E-state index < -0.39 is 0 Å². The predicted molar refractivity (Wildman–Crippen MR) is 87.8 cm³/mol. The molecule has 0 heterocycles. The van der Waals surface area contributed by atoms with Gasteiger partial charge in [0.25, 0.3) is 5.91 Å². The fourth-order valence-electron chi connectivity index (χ4n) is 2.18. The van der Waals surface area contributed by atoms with Crippen LogP contribution >= 0.6 is 0 Å². The van der Waals surface area contributed by atoms with Crippen LogP contribution in [-0.2, 0) is 0 Å². The Balaban J connectivity index is 2.52. The smallest absolute Gasteiger partial charge is 0.251 e. The summed E-state index contributed by atoms with van der Waals surface area (Å²) in [4.78, 5) is 14.2. The van der Waals surface area contributed by atoms with Crippen molar-refractivity contribution in [1.29, 1.82) is 0 Å². The molecule has 0 aliphatic carbocycles. The zero-order chi connectivity index (χ0) is 15.8. The lowest BCUT2D eigenvalue weighted by molar-refractivity contribution is 0.0920. The third-order valence-corrected chi connectivity index (χ3v) is 3.75. The van der Waals surface area contributed by atoms with Gasteiger partial charge in [-0.05, 0) is 50.5 Å². The zero-order valence-corrected chi connectivity index (χ0v) is 13.6.